The smallest absolute Gasteiger partial charge is 0.232 e. The summed E-state index contributed by atoms with van der Waals surface area (Å²) in [5, 5.41) is 1.11. The molecule has 1 spiro atoms. The highest BCUT2D eigenvalue weighted by Gasteiger charge is 2.53. The molecule has 4 heterocycles. The Balaban J connectivity index is 1.38. The molecule has 2 aliphatic rings. The number of rotatable bonds is 4. The second kappa shape index (κ2) is 5.96. The van der Waals surface area contributed by atoms with Crippen LogP contribution >= 0.6 is 22.7 Å². The van der Waals surface area contributed by atoms with Crippen LogP contribution in [-0.2, 0) is 17.9 Å². The molecule has 0 aliphatic carbocycles. The molecule has 7 heteroatoms. The van der Waals surface area contributed by atoms with E-state index in [0.29, 0.717) is 5.91 Å². The lowest BCUT2D eigenvalue weighted by atomic mass is 9.72. The van der Waals surface area contributed by atoms with Gasteiger partial charge >= 0.3 is 0 Å². The van der Waals surface area contributed by atoms with E-state index in [2.05, 4.69) is 14.9 Å². The molecule has 2 aliphatic heterocycles. The van der Waals surface area contributed by atoms with Gasteiger partial charge in [0, 0.05) is 41.8 Å². The van der Waals surface area contributed by atoms with Gasteiger partial charge in [-0.2, -0.15) is 0 Å². The maximum atomic E-state index is 12.7. The van der Waals surface area contributed by atoms with Gasteiger partial charge in [0.25, 0.3) is 0 Å². The van der Waals surface area contributed by atoms with Crippen molar-refractivity contribution in [3.63, 3.8) is 0 Å². The number of nitrogens with zero attached hydrogens (tertiary/aromatic N) is 4. The molecule has 0 unspecified atom stereocenters. The molecule has 4 rings (SSSR count). The number of piperidine rings is 1. The van der Waals surface area contributed by atoms with E-state index in [1.807, 2.05) is 29.7 Å². The van der Waals surface area contributed by atoms with Crippen molar-refractivity contribution in [3.05, 3.63) is 32.7 Å². The zero-order valence-electron chi connectivity index (χ0n) is 13.2. The lowest BCUT2D eigenvalue weighted by Gasteiger charge is -2.53. The first-order valence-electron chi connectivity index (χ1n) is 7.95. The highest BCUT2D eigenvalue weighted by molar-refractivity contribution is 7.11. The zero-order valence-corrected chi connectivity index (χ0v) is 14.8. The molecule has 23 heavy (non-hydrogen) atoms. The standard InChI is InChI=1S/C16H20N4OS2/c1-12-18-6-14(23-12)7-19-4-2-3-16(9-19)10-20(15(16)21)8-13-5-17-11-22-13/h5-6,11H,2-4,7-10H2,1H3/t16-/m0/s1. The van der Waals surface area contributed by atoms with Crippen LogP contribution in [0.15, 0.2) is 17.9 Å². The van der Waals surface area contributed by atoms with Gasteiger partial charge in [0.15, 0.2) is 0 Å². The maximum absolute atomic E-state index is 12.7. The Bertz CT molecular complexity index is 699. The minimum atomic E-state index is -0.136. The van der Waals surface area contributed by atoms with Gasteiger partial charge in [0.2, 0.25) is 5.91 Å². The van der Waals surface area contributed by atoms with Crippen molar-refractivity contribution in [3.8, 4) is 0 Å². The molecule has 0 N–H and O–H groups in total. The van der Waals surface area contributed by atoms with Gasteiger partial charge in [-0.15, -0.1) is 22.7 Å². The summed E-state index contributed by atoms with van der Waals surface area (Å²) in [6.07, 6.45) is 5.98. The van der Waals surface area contributed by atoms with E-state index >= 15 is 0 Å². The van der Waals surface area contributed by atoms with Gasteiger partial charge in [-0.1, -0.05) is 0 Å². The van der Waals surface area contributed by atoms with Gasteiger partial charge in [0.1, 0.15) is 0 Å². The Hall–Kier alpha value is -1.31. The Kier molecular flexibility index (Phi) is 3.95. The predicted octanol–water partition coefficient (Wildman–Crippen LogP) is 2.53. The number of thiazole rings is 2. The number of carbonyl (C=O) groups excluding carboxylic acids is 1. The average Bonchev–Trinajstić information content (AvgIpc) is 3.19. The fourth-order valence-electron chi connectivity index (χ4n) is 3.75. The second-order valence-electron chi connectivity index (χ2n) is 6.57. The molecule has 0 radical (unpaired) electrons. The highest BCUT2D eigenvalue weighted by atomic mass is 32.1. The molecule has 122 valence electrons. The summed E-state index contributed by atoms with van der Waals surface area (Å²) in [7, 11) is 0. The normalized spacial score (nSPS) is 25.1. The Labute approximate surface area is 144 Å². The monoisotopic (exact) mass is 348 g/mol. The van der Waals surface area contributed by atoms with E-state index < -0.39 is 0 Å². The number of aryl methyl sites for hydroxylation is 1. The summed E-state index contributed by atoms with van der Waals surface area (Å²) >= 11 is 3.38. The molecular formula is C16H20N4OS2. The van der Waals surface area contributed by atoms with Gasteiger partial charge in [0.05, 0.1) is 22.5 Å². The van der Waals surface area contributed by atoms with Crippen molar-refractivity contribution in [2.75, 3.05) is 19.6 Å². The minimum absolute atomic E-state index is 0.136. The van der Waals surface area contributed by atoms with Crippen LogP contribution in [0.25, 0.3) is 0 Å². The second-order valence-corrected chi connectivity index (χ2v) is 8.86. The van der Waals surface area contributed by atoms with Crippen molar-refractivity contribution in [2.45, 2.75) is 32.9 Å². The van der Waals surface area contributed by atoms with E-state index in [0.717, 1.165) is 50.6 Å². The first-order chi connectivity index (χ1) is 11.1. The molecular weight excluding hydrogens is 328 g/mol. The van der Waals surface area contributed by atoms with Crippen molar-refractivity contribution in [2.24, 2.45) is 5.41 Å². The number of carbonyl (C=O) groups is 1. The van der Waals surface area contributed by atoms with E-state index in [1.165, 1.54) is 9.75 Å². The first kappa shape index (κ1) is 15.2. The van der Waals surface area contributed by atoms with Crippen LogP contribution in [0.5, 0.6) is 0 Å². The molecule has 2 aromatic heterocycles. The molecule has 1 atom stereocenters. The molecule has 2 aromatic rings. The average molecular weight is 348 g/mol. The van der Waals surface area contributed by atoms with Gasteiger partial charge in [-0.25, -0.2) is 4.98 Å². The first-order valence-corrected chi connectivity index (χ1v) is 9.65. The van der Waals surface area contributed by atoms with Crippen molar-refractivity contribution in [1.29, 1.82) is 0 Å². The van der Waals surface area contributed by atoms with Crippen LogP contribution in [0.3, 0.4) is 0 Å². The maximum Gasteiger partial charge on any atom is 0.232 e. The third-order valence-corrected chi connectivity index (χ3v) is 6.43. The van der Waals surface area contributed by atoms with Gasteiger partial charge in [-0.3, -0.25) is 14.7 Å². The van der Waals surface area contributed by atoms with Crippen LogP contribution in [0, 0.1) is 12.3 Å². The summed E-state index contributed by atoms with van der Waals surface area (Å²) in [5.74, 6) is 0.330. The zero-order chi connectivity index (χ0) is 15.9. The summed E-state index contributed by atoms with van der Waals surface area (Å²) in [6.45, 7) is 6.55. The largest absolute Gasteiger partial charge is 0.336 e. The van der Waals surface area contributed by atoms with Crippen LogP contribution < -0.4 is 0 Å². The number of hydrogen-bond donors (Lipinski definition) is 0. The fraction of sp³-hybridized carbons (Fsp3) is 0.562. The quantitative estimate of drug-likeness (QED) is 0.797. The molecule has 0 bridgehead atoms. The summed E-state index contributed by atoms with van der Waals surface area (Å²) in [6, 6.07) is 0. The van der Waals surface area contributed by atoms with E-state index in [-0.39, 0.29) is 5.41 Å². The highest BCUT2D eigenvalue weighted by Crippen LogP contribution is 2.41. The molecule has 0 saturated carbocycles. The van der Waals surface area contributed by atoms with Crippen molar-refractivity contribution < 1.29 is 4.79 Å². The summed E-state index contributed by atoms with van der Waals surface area (Å²) < 4.78 is 0. The van der Waals surface area contributed by atoms with E-state index in [4.69, 9.17) is 0 Å². The van der Waals surface area contributed by atoms with Crippen LogP contribution in [0.1, 0.15) is 27.6 Å². The minimum Gasteiger partial charge on any atom is -0.336 e. The van der Waals surface area contributed by atoms with Crippen molar-refractivity contribution >= 4 is 28.6 Å². The Morgan fingerprint density at radius 1 is 1.26 bits per heavy atom. The number of β-lactam (4-membered cyclic amide) rings is 1. The summed E-state index contributed by atoms with van der Waals surface area (Å²) in [5.41, 5.74) is 1.69. The Morgan fingerprint density at radius 3 is 2.87 bits per heavy atom. The molecule has 2 fully saturated rings. The van der Waals surface area contributed by atoms with Crippen LogP contribution in [0.2, 0.25) is 0 Å². The SMILES string of the molecule is Cc1ncc(CN2CCC[C@]3(C2)CN(Cc2cncs2)C3=O)s1. The van der Waals surface area contributed by atoms with Crippen LogP contribution in [-0.4, -0.2) is 45.3 Å². The van der Waals surface area contributed by atoms with Crippen molar-refractivity contribution in [1.82, 2.24) is 19.8 Å². The predicted molar refractivity (Wildman–Crippen MR) is 91.3 cm³/mol. The van der Waals surface area contributed by atoms with Crippen LogP contribution in [0.4, 0.5) is 0 Å². The Morgan fingerprint density at radius 2 is 2.17 bits per heavy atom. The number of aromatic nitrogens is 2. The third kappa shape index (κ3) is 2.93. The summed E-state index contributed by atoms with van der Waals surface area (Å²) in [4.78, 5) is 28.0. The van der Waals surface area contributed by atoms with Gasteiger partial charge in [-0.05, 0) is 26.3 Å². The number of amides is 1. The number of hydrogen-bond acceptors (Lipinski definition) is 6. The van der Waals surface area contributed by atoms with E-state index in [9.17, 15) is 4.79 Å². The molecule has 0 aromatic carbocycles. The molecule has 2 saturated heterocycles. The molecule has 1 amide bonds. The lowest BCUT2D eigenvalue weighted by Crippen LogP contribution is -2.66. The van der Waals surface area contributed by atoms with E-state index in [1.54, 1.807) is 22.7 Å². The topological polar surface area (TPSA) is 49.3 Å². The van der Waals surface area contributed by atoms with Gasteiger partial charge < -0.3 is 4.90 Å². The number of likely N-dealkylation sites (tertiary alicyclic amines) is 2. The third-order valence-electron chi connectivity index (χ3n) is 4.77. The molecule has 5 nitrogen and oxygen atoms in total. The fourth-order valence-corrected chi connectivity index (χ4v) is 5.20. The lowest BCUT2D eigenvalue weighted by molar-refractivity contribution is -0.167.